The largest absolute Gasteiger partial charge is 0.416 e. The number of aromatic nitrogens is 4. The topological polar surface area (TPSA) is 79.5 Å². The Morgan fingerprint density at radius 2 is 1.82 bits per heavy atom. The summed E-state index contributed by atoms with van der Waals surface area (Å²) in [6, 6.07) is 13.8. The van der Waals surface area contributed by atoms with Crippen molar-refractivity contribution < 1.29 is 18.0 Å². The maximum absolute atomic E-state index is 13.1. The summed E-state index contributed by atoms with van der Waals surface area (Å²) in [5, 5.41) is 10.6. The molecule has 1 aliphatic heterocycles. The number of nitrogens with zero attached hydrogens (tertiary/aromatic N) is 5. The first kappa shape index (κ1) is 29.0. The molecular formula is C33H30F3N7O. The van der Waals surface area contributed by atoms with Crippen LogP contribution in [0.3, 0.4) is 0 Å². The second-order valence-electron chi connectivity index (χ2n) is 10.9. The molecule has 3 aromatic heterocycles. The molecule has 1 saturated heterocycles. The standard InChI is InChI=1S/C33H30F3N7O/c1-22-8-9-24(32(44)40-26-6-3-5-25(18-26)33(34,35)36)17-23(22)10-11-29-20-37-31-30(7-4-14-42(29)31)39-27-19-38-43(21-27)28-12-15-41(2)16-13-28/h3-9,14,17-21,28,39H,12-13,15-16H2,1-2H3,(H,40,44). The molecule has 2 aromatic carbocycles. The van der Waals surface area contributed by atoms with Crippen LogP contribution in [0.4, 0.5) is 30.2 Å². The Morgan fingerprint density at radius 3 is 2.61 bits per heavy atom. The molecule has 4 heterocycles. The summed E-state index contributed by atoms with van der Waals surface area (Å²) in [5.41, 5.74) is 4.03. The van der Waals surface area contributed by atoms with Gasteiger partial charge in [0.2, 0.25) is 0 Å². The van der Waals surface area contributed by atoms with E-state index in [-0.39, 0.29) is 11.3 Å². The Labute approximate surface area is 252 Å². The molecule has 11 heteroatoms. The number of alkyl halides is 3. The molecule has 5 aromatic rings. The van der Waals surface area contributed by atoms with Crippen molar-refractivity contribution in [3.05, 3.63) is 107 Å². The number of imidazole rings is 1. The highest BCUT2D eigenvalue weighted by Crippen LogP contribution is 2.31. The zero-order chi connectivity index (χ0) is 30.8. The lowest BCUT2D eigenvalue weighted by Crippen LogP contribution is -2.31. The van der Waals surface area contributed by atoms with Gasteiger partial charge in [0.25, 0.3) is 5.91 Å². The van der Waals surface area contributed by atoms with E-state index in [1.165, 1.54) is 12.1 Å². The van der Waals surface area contributed by atoms with Gasteiger partial charge in [0.05, 0.1) is 35.4 Å². The maximum atomic E-state index is 13.1. The highest BCUT2D eigenvalue weighted by molar-refractivity contribution is 6.04. The van der Waals surface area contributed by atoms with Crippen molar-refractivity contribution in [1.29, 1.82) is 0 Å². The number of rotatable bonds is 5. The quantitative estimate of drug-likeness (QED) is 0.226. The lowest BCUT2D eigenvalue weighted by atomic mass is 10.0. The minimum absolute atomic E-state index is 0.0577. The monoisotopic (exact) mass is 597 g/mol. The van der Waals surface area contributed by atoms with Crippen molar-refractivity contribution >= 4 is 28.6 Å². The van der Waals surface area contributed by atoms with Crippen LogP contribution in [0.1, 0.15) is 51.6 Å². The van der Waals surface area contributed by atoms with Gasteiger partial charge in [-0.3, -0.25) is 13.9 Å². The fourth-order valence-corrected chi connectivity index (χ4v) is 5.22. The lowest BCUT2D eigenvalue weighted by Gasteiger charge is -2.28. The molecule has 0 aliphatic carbocycles. The number of likely N-dealkylation sites (tertiary alicyclic amines) is 1. The highest BCUT2D eigenvalue weighted by atomic mass is 19.4. The third-order valence-electron chi connectivity index (χ3n) is 7.75. The molecule has 2 N–H and O–H groups in total. The number of carbonyl (C=O) groups excluding carboxylic acids is 1. The van der Waals surface area contributed by atoms with Gasteiger partial charge in [0.15, 0.2) is 5.65 Å². The lowest BCUT2D eigenvalue weighted by molar-refractivity contribution is -0.137. The minimum atomic E-state index is -4.50. The summed E-state index contributed by atoms with van der Waals surface area (Å²) in [7, 11) is 2.14. The van der Waals surface area contributed by atoms with Crippen LogP contribution in [0.2, 0.25) is 0 Å². The number of piperidine rings is 1. The van der Waals surface area contributed by atoms with E-state index in [4.69, 9.17) is 0 Å². The number of carbonyl (C=O) groups is 1. The average Bonchev–Trinajstić information content (AvgIpc) is 3.64. The summed E-state index contributed by atoms with van der Waals surface area (Å²) in [6.07, 6.45) is 5.06. The SMILES string of the molecule is Cc1ccc(C(=O)Nc2cccc(C(F)(F)F)c2)cc1C#Cc1cnc2c(Nc3cnn(C4CCN(C)CC4)c3)cccn12. The molecule has 6 rings (SSSR count). The van der Waals surface area contributed by atoms with Gasteiger partial charge >= 0.3 is 6.18 Å². The van der Waals surface area contributed by atoms with Crippen LogP contribution in [0.15, 0.2) is 79.4 Å². The van der Waals surface area contributed by atoms with Crippen LogP contribution in [0, 0.1) is 18.8 Å². The molecule has 0 bridgehead atoms. The zero-order valence-electron chi connectivity index (χ0n) is 24.2. The first-order valence-electron chi connectivity index (χ1n) is 14.2. The number of halogens is 3. The fourth-order valence-electron chi connectivity index (χ4n) is 5.22. The van der Waals surface area contributed by atoms with E-state index in [2.05, 4.69) is 44.5 Å². The van der Waals surface area contributed by atoms with Gasteiger partial charge in [0, 0.05) is 29.2 Å². The predicted octanol–water partition coefficient (Wildman–Crippen LogP) is 6.52. The Kier molecular flexibility index (Phi) is 7.84. The number of aryl methyl sites for hydroxylation is 1. The molecule has 0 saturated carbocycles. The molecule has 0 radical (unpaired) electrons. The van der Waals surface area contributed by atoms with E-state index in [0.29, 0.717) is 22.9 Å². The molecule has 1 amide bonds. The number of hydrogen-bond donors (Lipinski definition) is 2. The van der Waals surface area contributed by atoms with Crippen molar-refractivity contribution in [3.8, 4) is 11.8 Å². The Morgan fingerprint density at radius 1 is 1.00 bits per heavy atom. The number of fused-ring (bicyclic) bond motifs is 1. The fraction of sp³-hybridized carbons (Fsp3) is 0.242. The number of nitrogens with one attached hydrogen (secondary N) is 2. The van der Waals surface area contributed by atoms with Crippen LogP contribution in [0.25, 0.3) is 5.65 Å². The molecule has 1 fully saturated rings. The molecule has 8 nitrogen and oxygen atoms in total. The molecule has 1 aliphatic rings. The smallest absolute Gasteiger partial charge is 0.350 e. The molecule has 0 unspecified atom stereocenters. The summed E-state index contributed by atoms with van der Waals surface area (Å²) < 4.78 is 43.2. The van der Waals surface area contributed by atoms with Gasteiger partial charge in [-0.2, -0.15) is 18.3 Å². The van der Waals surface area contributed by atoms with Crippen LogP contribution >= 0.6 is 0 Å². The van der Waals surface area contributed by atoms with Crippen LogP contribution < -0.4 is 10.6 Å². The first-order valence-corrected chi connectivity index (χ1v) is 14.2. The summed E-state index contributed by atoms with van der Waals surface area (Å²) in [4.78, 5) is 19.8. The van der Waals surface area contributed by atoms with Gasteiger partial charge in [-0.15, -0.1) is 0 Å². The molecule has 44 heavy (non-hydrogen) atoms. The van der Waals surface area contributed by atoms with E-state index < -0.39 is 17.6 Å². The van der Waals surface area contributed by atoms with Crippen LogP contribution in [0.5, 0.6) is 0 Å². The number of benzene rings is 2. The molecule has 0 spiro atoms. The molecule has 0 atom stereocenters. The average molecular weight is 598 g/mol. The van der Waals surface area contributed by atoms with Gasteiger partial charge in [0.1, 0.15) is 5.69 Å². The van der Waals surface area contributed by atoms with E-state index >= 15 is 0 Å². The number of pyridine rings is 1. The summed E-state index contributed by atoms with van der Waals surface area (Å²) in [5.74, 6) is 5.75. The Hall–Kier alpha value is -5.08. The van der Waals surface area contributed by atoms with Gasteiger partial charge in [-0.05, 0) is 93.9 Å². The number of anilines is 3. The van der Waals surface area contributed by atoms with Gasteiger partial charge in [-0.25, -0.2) is 4.98 Å². The van der Waals surface area contributed by atoms with Crippen molar-refractivity contribution in [2.45, 2.75) is 32.0 Å². The van der Waals surface area contributed by atoms with E-state index in [1.807, 2.05) is 46.7 Å². The van der Waals surface area contributed by atoms with Crippen molar-refractivity contribution in [2.24, 2.45) is 0 Å². The maximum Gasteiger partial charge on any atom is 0.416 e. The van der Waals surface area contributed by atoms with E-state index in [1.54, 1.807) is 24.4 Å². The molecule has 224 valence electrons. The summed E-state index contributed by atoms with van der Waals surface area (Å²) >= 11 is 0. The second kappa shape index (κ2) is 11.9. The second-order valence-corrected chi connectivity index (χ2v) is 10.9. The van der Waals surface area contributed by atoms with Crippen molar-refractivity contribution in [2.75, 3.05) is 30.8 Å². The Balaban J connectivity index is 1.19. The van der Waals surface area contributed by atoms with Crippen LogP contribution in [-0.2, 0) is 6.18 Å². The molecular weight excluding hydrogens is 567 g/mol. The normalized spacial score (nSPS) is 14.3. The number of amides is 1. The first-order chi connectivity index (χ1) is 21.1. The Bertz CT molecular complexity index is 1890. The third-order valence-corrected chi connectivity index (χ3v) is 7.75. The minimum Gasteiger partial charge on any atom is -0.350 e. The summed E-state index contributed by atoms with van der Waals surface area (Å²) in [6.45, 7) is 3.99. The van der Waals surface area contributed by atoms with Gasteiger partial charge < -0.3 is 15.5 Å². The van der Waals surface area contributed by atoms with Crippen molar-refractivity contribution in [3.63, 3.8) is 0 Å². The number of hydrogen-bond acceptors (Lipinski definition) is 5. The van der Waals surface area contributed by atoms with E-state index in [0.717, 1.165) is 55.0 Å². The van der Waals surface area contributed by atoms with Crippen molar-refractivity contribution in [1.82, 2.24) is 24.1 Å². The zero-order valence-corrected chi connectivity index (χ0v) is 24.2. The highest BCUT2D eigenvalue weighted by Gasteiger charge is 2.30. The third kappa shape index (κ3) is 6.31. The van der Waals surface area contributed by atoms with E-state index in [9.17, 15) is 18.0 Å². The van der Waals surface area contributed by atoms with Gasteiger partial charge in [-0.1, -0.05) is 18.1 Å². The predicted molar refractivity (Wildman–Crippen MR) is 163 cm³/mol. The van der Waals surface area contributed by atoms with Crippen LogP contribution in [-0.4, -0.2) is 50.1 Å².